The summed E-state index contributed by atoms with van der Waals surface area (Å²) in [5.74, 6) is -0.372. The maximum atomic E-state index is 13.2. The first-order chi connectivity index (χ1) is 15.8. The molecule has 1 atom stereocenters. The third-order valence-electron chi connectivity index (χ3n) is 5.03. The van der Waals surface area contributed by atoms with E-state index in [0.717, 1.165) is 33.6 Å². The van der Waals surface area contributed by atoms with Crippen molar-refractivity contribution in [3.05, 3.63) is 107 Å². The number of hydrogen-bond donors (Lipinski definition) is 2. The molecule has 1 unspecified atom stereocenters. The quantitative estimate of drug-likeness (QED) is 0.382. The normalized spacial score (nSPS) is 12.3. The zero-order valence-electron chi connectivity index (χ0n) is 18.0. The molecule has 3 aromatic carbocycles. The second-order valence-electron chi connectivity index (χ2n) is 7.52. The number of aryl methyl sites for hydroxylation is 2. The Morgan fingerprint density at radius 3 is 2.30 bits per heavy atom. The van der Waals surface area contributed by atoms with Crippen LogP contribution in [0.15, 0.2) is 83.2 Å². The van der Waals surface area contributed by atoms with Crippen LogP contribution in [0.4, 0.5) is 5.13 Å². The van der Waals surface area contributed by atoms with Gasteiger partial charge in [0.15, 0.2) is 0 Å². The average molecular weight is 479 g/mol. The average Bonchev–Trinajstić information content (AvgIpc) is 3.28. The van der Waals surface area contributed by atoms with E-state index in [4.69, 9.17) is 0 Å². The Balaban J connectivity index is 1.59. The van der Waals surface area contributed by atoms with Gasteiger partial charge < -0.3 is 0 Å². The molecule has 33 heavy (non-hydrogen) atoms. The van der Waals surface area contributed by atoms with Crippen LogP contribution in [0.3, 0.4) is 0 Å². The largest absolute Gasteiger partial charge is 0.296 e. The molecule has 0 aliphatic carbocycles. The van der Waals surface area contributed by atoms with Gasteiger partial charge in [-0.2, -0.15) is 4.72 Å². The second kappa shape index (κ2) is 9.62. The molecule has 0 aliphatic rings. The van der Waals surface area contributed by atoms with Gasteiger partial charge in [-0.3, -0.25) is 10.1 Å². The second-order valence-corrected chi connectivity index (χ2v) is 10.4. The highest BCUT2D eigenvalue weighted by molar-refractivity contribution is 7.91. The van der Waals surface area contributed by atoms with Crippen LogP contribution in [0.5, 0.6) is 0 Å². The van der Waals surface area contributed by atoms with Gasteiger partial charge in [0, 0.05) is 5.56 Å². The number of hydrogen-bond acceptors (Lipinski definition) is 6. The Hall–Kier alpha value is -3.40. The van der Waals surface area contributed by atoms with Gasteiger partial charge >= 0.3 is 0 Å². The Bertz CT molecular complexity index is 1390. The molecule has 168 valence electrons. The molecule has 0 saturated heterocycles. The molecule has 9 heteroatoms. The molecule has 0 bridgehead atoms. The zero-order chi connectivity index (χ0) is 23.4. The molecule has 2 N–H and O–H groups in total. The van der Waals surface area contributed by atoms with Gasteiger partial charge in [0.25, 0.3) is 15.9 Å². The number of benzene rings is 3. The van der Waals surface area contributed by atoms with E-state index in [1.807, 2.05) is 80.6 Å². The predicted molar refractivity (Wildman–Crippen MR) is 129 cm³/mol. The minimum absolute atomic E-state index is 0.107. The lowest BCUT2D eigenvalue weighted by Gasteiger charge is -2.19. The Morgan fingerprint density at radius 1 is 0.879 bits per heavy atom. The number of aromatic nitrogens is 2. The van der Waals surface area contributed by atoms with Gasteiger partial charge in [-0.1, -0.05) is 89.7 Å². The molecule has 7 nitrogen and oxygen atoms in total. The maximum Gasteiger partial charge on any atom is 0.270 e. The number of nitrogens with one attached hydrogen (secondary N) is 2. The van der Waals surface area contributed by atoms with Crippen molar-refractivity contribution in [2.24, 2.45) is 0 Å². The first-order valence-corrected chi connectivity index (χ1v) is 12.5. The van der Waals surface area contributed by atoms with E-state index in [1.54, 1.807) is 12.1 Å². The van der Waals surface area contributed by atoms with Crippen molar-refractivity contribution in [3.63, 3.8) is 0 Å². The molecular weight excluding hydrogens is 456 g/mol. The SMILES string of the molecule is Cc1cccc(C(NS(=O)(=O)c2nnc(NC(=O)c3ccccc3C)s2)c2ccccc2)c1. The van der Waals surface area contributed by atoms with Crippen molar-refractivity contribution in [1.29, 1.82) is 0 Å². The lowest BCUT2D eigenvalue weighted by atomic mass is 9.98. The van der Waals surface area contributed by atoms with E-state index in [2.05, 4.69) is 20.2 Å². The Labute approximate surface area is 196 Å². The first-order valence-electron chi connectivity index (χ1n) is 10.2. The highest BCUT2D eigenvalue weighted by Gasteiger charge is 2.27. The molecule has 0 fully saturated rings. The van der Waals surface area contributed by atoms with E-state index >= 15 is 0 Å². The Kier molecular flexibility index (Phi) is 6.64. The fraction of sp³-hybridized carbons (Fsp3) is 0.125. The van der Waals surface area contributed by atoms with Crippen LogP contribution in [0.1, 0.15) is 38.7 Å². The third-order valence-corrected chi connectivity index (χ3v) is 7.66. The van der Waals surface area contributed by atoms with Crippen molar-refractivity contribution in [2.75, 3.05) is 5.32 Å². The molecule has 4 aromatic rings. The topological polar surface area (TPSA) is 101 Å². The molecule has 1 heterocycles. The van der Waals surface area contributed by atoms with E-state index < -0.39 is 16.1 Å². The highest BCUT2D eigenvalue weighted by atomic mass is 32.2. The van der Waals surface area contributed by atoms with Gasteiger partial charge in [0.05, 0.1) is 6.04 Å². The summed E-state index contributed by atoms with van der Waals surface area (Å²) in [6.07, 6.45) is 0. The fourth-order valence-corrected chi connectivity index (χ4v) is 5.51. The highest BCUT2D eigenvalue weighted by Crippen LogP contribution is 2.27. The van der Waals surface area contributed by atoms with Gasteiger partial charge in [-0.05, 0) is 36.6 Å². The van der Waals surface area contributed by atoms with Crippen LogP contribution in [-0.2, 0) is 10.0 Å². The number of amides is 1. The lowest BCUT2D eigenvalue weighted by Crippen LogP contribution is -2.29. The van der Waals surface area contributed by atoms with E-state index in [1.165, 1.54) is 0 Å². The van der Waals surface area contributed by atoms with Crippen molar-refractivity contribution in [2.45, 2.75) is 24.2 Å². The van der Waals surface area contributed by atoms with E-state index in [-0.39, 0.29) is 15.4 Å². The number of anilines is 1. The molecule has 0 aliphatic heterocycles. The summed E-state index contributed by atoms with van der Waals surface area (Å²) >= 11 is 0.800. The zero-order valence-corrected chi connectivity index (χ0v) is 19.7. The summed E-state index contributed by atoms with van der Waals surface area (Å²) in [5.41, 5.74) is 3.91. The van der Waals surface area contributed by atoms with Crippen LogP contribution in [-0.4, -0.2) is 24.5 Å². The molecular formula is C24H22N4O3S2. The third kappa shape index (κ3) is 5.33. The van der Waals surface area contributed by atoms with Gasteiger partial charge in [-0.15, -0.1) is 10.2 Å². The van der Waals surface area contributed by atoms with Crippen molar-refractivity contribution in [3.8, 4) is 0 Å². The minimum atomic E-state index is -4.01. The predicted octanol–water partition coefficient (Wildman–Crippen LogP) is 4.48. The minimum Gasteiger partial charge on any atom is -0.296 e. The monoisotopic (exact) mass is 478 g/mol. The van der Waals surface area contributed by atoms with Crippen molar-refractivity contribution >= 4 is 32.4 Å². The van der Waals surface area contributed by atoms with Crippen LogP contribution in [0.2, 0.25) is 0 Å². The van der Waals surface area contributed by atoms with Crippen LogP contribution in [0, 0.1) is 13.8 Å². The Morgan fingerprint density at radius 2 is 1.58 bits per heavy atom. The first kappa shape index (κ1) is 22.8. The smallest absolute Gasteiger partial charge is 0.270 e. The molecule has 4 rings (SSSR count). The van der Waals surface area contributed by atoms with Gasteiger partial charge in [0.2, 0.25) is 9.47 Å². The van der Waals surface area contributed by atoms with E-state index in [9.17, 15) is 13.2 Å². The standard InChI is InChI=1S/C24H22N4O3S2/c1-16-9-8-13-19(15-16)21(18-11-4-3-5-12-18)28-33(30,31)24-27-26-23(32-24)25-22(29)20-14-7-6-10-17(20)2/h3-15,21,28H,1-2H3,(H,25,26,29). The summed E-state index contributed by atoms with van der Waals surface area (Å²) in [6.45, 7) is 3.78. The van der Waals surface area contributed by atoms with Gasteiger partial charge in [0.1, 0.15) is 0 Å². The summed E-state index contributed by atoms with van der Waals surface area (Å²) in [6, 6.07) is 23.5. The molecule has 1 aromatic heterocycles. The number of carbonyl (C=O) groups excluding carboxylic acids is 1. The summed E-state index contributed by atoms with van der Waals surface area (Å²) in [7, 11) is -4.01. The van der Waals surface area contributed by atoms with E-state index in [0.29, 0.717) is 5.56 Å². The maximum absolute atomic E-state index is 13.2. The number of sulfonamides is 1. The van der Waals surface area contributed by atoms with Crippen LogP contribution in [0.25, 0.3) is 0 Å². The summed E-state index contributed by atoms with van der Waals surface area (Å²) in [5, 5.41) is 10.4. The van der Waals surface area contributed by atoms with Crippen molar-refractivity contribution < 1.29 is 13.2 Å². The molecule has 1 amide bonds. The van der Waals surface area contributed by atoms with Crippen molar-refractivity contribution in [1.82, 2.24) is 14.9 Å². The number of rotatable bonds is 7. The van der Waals surface area contributed by atoms with Gasteiger partial charge in [-0.25, -0.2) is 8.42 Å². The number of nitrogens with zero attached hydrogens (tertiary/aromatic N) is 2. The lowest BCUT2D eigenvalue weighted by molar-refractivity contribution is 0.102. The molecule has 0 radical (unpaired) electrons. The van der Waals surface area contributed by atoms with Crippen LogP contribution < -0.4 is 10.0 Å². The summed E-state index contributed by atoms with van der Waals surface area (Å²) in [4.78, 5) is 12.5. The summed E-state index contributed by atoms with van der Waals surface area (Å²) < 4.78 is 28.9. The number of carbonyl (C=O) groups is 1. The molecule has 0 spiro atoms. The molecule has 0 saturated carbocycles. The van der Waals surface area contributed by atoms with Crippen LogP contribution >= 0.6 is 11.3 Å². The fourth-order valence-electron chi connectivity index (χ4n) is 3.39.